The van der Waals surface area contributed by atoms with Crippen molar-refractivity contribution in [3.8, 4) is 0 Å². The van der Waals surface area contributed by atoms with E-state index in [1.54, 1.807) is 6.92 Å². The van der Waals surface area contributed by atoms with Crippen molar-refractivity contribution in [2.24, 2.45) is 0 Å². The van der Waals surface area contributed by atoms with Crippen molar-refractivity contribution in [1.82, 2.24) is 20.3 Å². The van der Waals surface area contributed by atoms with Crippen molar-refractivity contribution in [3.05, 3.63) is 11.4 Å². The van der Waals surface area contributed by atoms with Crippen LogP contribution >= 0.6 is 0 Å². The molecule has 148 valence electrons. The number of nitrogens with one attached hydrogen (secondary N) is 1. The number of carbonyl (C=O) groups excluding carboxylic acids is 1. The number of hydrogen-bond acceptors (Lipinski definition) is 9. The Kier molecular flexibility index (Phi) is 6.88. The molecule has 0 amide bonds. The lowest BCUT2D eigenvalue weighted by Gasteiger charge is -2.18. The van der Waals surface area contributed by atoms with Gasteiger partial charge in [-0.3, -0.25) is 0 Å². The van der Waals surface area contributed by atoms with Crippen molar-refractivity contribution >= 4 is 14.3 Å². The van der Waals surface area contributed by atoms with Gasteiger partial charge in [0.15, 0.2) is 14.0 Å². The molecule has 0 aliphatic carbocycles. The molecule has 1 fully saturated rings. The zero-order valence-corrected chi connectivity index (χ0v) is 16.5. The summed E-state index contributed by atoms with van der Waals surface area (Å²) in [5.41, 5.74) is 0.540. The van der Waals surface area contributed by atoms with E-state index in [2.05, 4.69) is 15.6 Å². The van der Waals surface area contributed by atoms with Crippen LogP contribution in [0.5, 0.6) is 0 Å². The number of aliphatic hydroxyl groups is 3. The maximum absolute atomic E-state index is 12.4. The van der Waals surface area contributed by atoms with Crippen LogP contribution in [0.3, 0.4) is 0 Å². The molecular formula is C15H28N4O6Si. The normalized spacial score (nSPS) is 26.3. The second-order valence-electron chi connectivity index (χ2n) is 7.23. The number of rotatable bonds is 8. The molecule has 0 radical (unpaired) electrons. The smallest absolute Gasteiger partial charge is 0.358 e. The van der Waals surface area contributed by atoms with Crippen molar-refractivity contribution in [2.45, 2.75) is 64.0 Å². The fraction of sp³-hybridized carbons (Fsp3) is 0.800. The molecule has 1 aliphatic rings. The van der Waals surface area contributed by atoms with Gasteiger partial charge < -0.3 is 29.8 Å². The Morgan fingerprint density at radius 1 is 1.27 bits per heavy atom. The molecule has 11 heteroatoms. The maximum Gasteiger partial charge on any atom is 0.358 e. The lowest BCUT2D eigenvalue weighted by Crippen LogP contribution is -2.39. The SMILES string of the molecule is CCOC(=O)c1c(CO[Si](C)(C)C)nnn1C[C@H]1N[C@H](CO)[C@@H](O)[C@@H]1O. The quantitative estimate of drug-likeness (QED) is 0.321. The van der Waals surface area contributed by atoms with E-state index in [1.807, 2.05) is 19.6 Å². The van der Waals surface area contributed by atoms with E-state index < -0.39 is 38.6 Å². The molecule has 0 aromatic carbocycles. The Morgan fingerprint density at radius 3 is 2.46 bits per heavy atom. The average Bonchev–Trinajstić information content (AvgIpc) is 3.08. The topological polar surface area (TPSA) is 139 Å². The lowest BCUT2D eigenvalue weighted by atomic mass is 10.1. The fourth-order valence-electron chi connectivity index (χ4n) is 2.74. The summed E-state index contributed by atoms with van der Waals surface area (Å²) in [5, 5.41) is 40.3. The van der Waals surface area contributed by atoms with Crippen molar-refractivity contribution in [1.29, 1.82) is 0 Å². The van der Waals surface area contributed by atoms with Crippen LogP contribution in [0.15, 0.2) is 0 Å². The monoisotopic (exact) mass is 388 g/mol. The maximum atomic E-state index is 12.4. The summed E-state index contributed by atoms with van der Waals surface area (Å²) in [6, 6.07) is -1.23. The van der Waals surface area contributed by atoms with Gasteiger partial charge in [-0.2, -0.15) is 0 Å². The third-order valence-corrected chi connectivity index (χ3v) is 5.09. The van der Waals surface area contributed by atoms with Gasteiger partial charge in [-0.05, 0) is 26.6 Å². The molecule has 1 aliphatic heterocycles. The molecule has 10 nitrogen and oxygen atoms in total. The first-order valence-electron chi connectivity index (χ1n) is 8.64. The largest absolute Gasteiger partial charge is 0.461 e. The van der Waals surface area contributed by atoms with E-state index in [0.29, 0.717) is 5.69 Å². The lowest BCUT2D eigenvalue weighted by molar-refractivity contribution is 0.0173. The van der Waals surface area contributed by atoms with E-state index in [4.69, 9.17) is 9.16 Å². The highest BCUT2D eigenvalue weighted by Crippen LogP contribution is 2.18. The third kappa shape index (κ3) is 4.87. The summed E-state index contributed by atoms with van der Waals surface area (Å²) in [7, 11) is -1.82. The molecule has 0 saturated carbocycles. The van der Waals surface area contributed by atoms with Crippen LogP contribution in [0.4, 0.5) is 0 Å². The molecule has 26 heavy (non-hydrogen) atoms. The summed E-state index contributed by atoms with van der Waals surface area (Å²) in [5.74, 6) is -0.571. The van der Waals surface area contributed by atoms with Gasteiger partial charge >= 0.3 is 5.97 Å². The third-order valence-electron chi connectivity index (χ3n) is 4.08. The summed E-state index contributed by atoms with van der Waals surface area (Å²) in [6.45, 7) is 7.90. The first-order chi connectivity index (χ1) is 12.2. The van der Waals surface area contributed by atoms with E-state index in [-0.39, 0.29) is 32.1 Å². The number of hydrogen-bond donors (Lipinski definition) is 4. The van der Waals surface area contributed by atoms with Crippen LogP contribution in [0.1, 0.15) is 23.1 Å². The molecule has 0 bridgehead atoms. The molecular weight excluding hydrogens is 360 g/mol. The van der Waals surface area contributed by atoms with Gasteiger partial charge in [-0.1, -0.05) is 5.21 Å². The van der Waals surface area contributed by atoms with Gasteiger partial charge in [0.25, 0.3) is 0 Å². The average molecular weight is 388 g/mol. The zero-order chi connectivity index (χ0) is 19.5. The fourth-order valence-corrected chi connectivity index (χ4v) is 3.31. The summed E-state index contributed by atoms with van der Waals surface area (Å²) < 4.78 is 12.3. The summed E-state index contributed by atoms with van der Waals surface area (Å²) in [6.07, 6.45) is -2.21. The number of esters is 1. The minimum Gasteiger partial charge on any atom is -0.461 e. The molecule has 0 unspecified atom stereocenters. The van der Waals surface area contributed by atoms with E-state index >= 15 is 0 Å². The Morgan fingerprint density at radius 2 is 1.92 bits per heavy atom. The van der Waals surface area contributed by atoms with Gasteiger partial charge in [-0.15, -0.1) is 5.10 Å². The van der Waals surface area contributed by atoms with Crippen molar-refractivity contribution in [3.63, 3.8) is 0 Å². The van der Waals surface area contributed by atoms with Gasteiger partial charge in [0.2, 0.25) is 0 Å². The second-order valence-corrected chi connectivity index (χ2v) is 11.7. The summed E-state index contributed by atoms with van der Waals surface area (Å²) >= 11 is 0. The van der Waals surface area contributed by atoms with E-state index in [0.717, 1.165) is 0 Å². The number of ether oxygens (including phenoxy) is 1. The molecule has 2 heterocycles. The van der Waals surface area contributed by atoms with Crippen LogP contribution in [0, 0.1) is 0 Å². The first-order valence-corrected chi connectivity index (χ1v) is 12.0. The molecule has 4 atom stereocenters. The number of carbonyl (C=O) groups is 1. The molecule has 1 aromatic heterocycles. The standard InChI is InChI=1S/C15H28N4O6Si/c1-5-24-15(23)12-11(8-25-26(2,3)4)17-18-19(12)6-9-13(21)14(22)10(7-20)16-9/h9-10,13-14,16,20-22H,5-8H2,1-4H3/t9-,10-,13-,14-/m1/s1. The van der Waals surface area contributed by atoms with Crippen LogP contribution in [0.2, 0.25) is 19.6 Å². The highest BCUT2D eigenvalue weighted by molar-refractivity contribution is 6.69. The van der Waals surface area contributed by atoms with Gasteiger partial charge in [-0.25, -0.2) is 9.48 Å². The van der Waals surface area contributed by atoms with Gasteiger partial charge in [0.05, 0.1) is 50.7 Å². The molecule has 0 spiro atoms. The van der Waals surface area contributed by atoms with Crippen LogP contribution < -0.4 is 5.32 Å². The molecule has 2 rings (SSSR count). The van der Waals surface area contributed by atoms with E-state index in [1.165, 1.54) is 4.68 Å². The number of nitrogens with zero attached hydrogens (tertiary/aromatic N) is 3. The Labute approximate surface area is 153 Å². The number of aromatic nitrogens is 3. The minimum atomic E-state index is -1.82. The second kappa shape index (κ2) is 8.54. The molecule has 1 saturated heterocycles. The van der Waals surface area contributed by atoms with Crippen LogP contribution in [0.25, 0.3) is 0 Å². The van der Waals surface area contributed by atoms with Gasteiger partial charge in [0.1, 0.15) is 5.69 Å². The van der Waals surface area contributed by atoms with E-state index in [9.17, 15) is 20.1 Å². The first kappa shape index (κ1) is 20.9. The Bertz CT molecular complexity index is 620. The van der Waals surface area contributed by atoms with Crippen molar-refractivity contribution < 1.29 is 29.3 Å². The predicted octanol–water partition coefficient (Wildman–Crippen LogP) is -1.14. The number of aliphatic hydroxyl groups excluding tert-OH is 3. The molecule has 1 aromatic rings. The zero-order valence-electron chi connectivity index (χ0n) is 15.5. The van der Waals surface area contributed by atoms with Gasteiger partial charge in [0, 0.05) is 0 Å². The van der Waals surface area contributed by atoms with Crippen LogP contribution in [-0.2, 0) is 22.3 Å². The molecule has 4 N–H and O–H groups in total. The van der Waals surface area contributed by atoms with Crippen molar-refractivity contribution in [2.75, 3.05) is 13.2 Å². The highest BCUT2D eigenvalue weighted by Gasteiger charge is 2.41. The highest BCUT2D eigenvalue weighted by atomic mass is 28.4. The minimum absolute atomic E-state index is 0.0861. The summed E-state index contributed by atoms with van der Waals surface area (Å²) in [4.78, 5) is 12.4. The Balaban J connectivity index is 2.22. The Hall–Kier alpha value is -1.37. The predicted molar refractivity (Wildman–Crippen MR) is 93.9 cm³/mol. The van der Waals surface area contributed by atoms with Crippen LogP contribution in [-0.4, -0.2) is 82.1 Å².